The standard InChI is InChI=1S/C14H19IN2O2/c1-2-19-14(18)9-11-5-7-17(8-6-11)13-4-3-12(15)10-16-13/h3-4,10-11H,2,5-9H2,1H3. The summed E-state index contributed by atoms with van der Waals surface area (Å²) in [6.07, 6.45) is 4.52. The largest absolute Gasteiger partial charge is 0.466 e. The first kappa shape index (κ1) is 14.6. The molecule has 0 saturated carbocycles. The van der Waals surface area contributed by atoms with Gasteiger partial charge in [-0.25, -0.2) is 4.98 Å². The molecule has 2 rings (SSSR count). The van der Waals surface area contributed by atoms with Gasteiger partial charge in [-0.2, -0.15) is 0 Å². The number of halogens is 1. The van der Waals surface area contributed by atoms with Gasteiger partial charge in [0.25, 0.3) is 0 Å². The number of anilines is 1. The number of rotatable bonds is 4. The third kappa shape index (κ3) is 4.33. The van der Waals surface area contributed by atoms with Crippen LogP contribution in [0.2, 0.25) is 0 Å². The molecule has 0 aliphatic carbocycles. The summed E-state index contributed by atoms with van der Waals surface area (Å²) in [5.74, 6) is 1.43. The van der Waals surface area contributed by atoms with E-state index in [2.05, 4.69) is 44.6 Å². The van der Waals surface area contributed by atoms with Crippen molar-refractivity contribution in [1.82, 2.24) is 4.98 Å². The fraction of sp³-hybridized carbons (Fsp3) is 0.571. The molecule has 0 atom stereocenters. The van der Waals surface area contributed by atoms with Gasteiger partial charge >= 0.3 is 5.97 Å². The van der Waals surface area contributed by atoms with Gasteiger partial charge in [0.05, 0.1) is 6.61 Å². The van der Waals surface area contributed by atoms with E-state index in [1.165, 1.54) is 0 Å². The smallest absolute Gasteiger partial charge is 0.306 e. The Bertz CT molecular complexity index is 414. The van der Waals surface area contributed by atoms with Crippen LogP contribution < -0.4 is 4.90 Å². The molecule has 0 spiro atoms. The Kier molecular flexibility index (Phi) is 5.42. The van der Waals surface area contributed by atoms with Gasteiger partial charge in [-0.1, -0.05) is 0 Å². The minimum Gasteiger partial charge on any atom is -0.466 e. The van der Waals surface area contributed by atoms with E-state index in [-0.39, 0.29) is 5.97 Å². The minimum absolute atomic E-state index is 0.0617. The molecule has 104 valence electrons. The van der Waals surface area contributed by atoms with Gasteiger partial charge in [0, 0.05) is 29.3 Å². The number of carbonyl (C=O) groups is 1. The monoisotopic (exact) mass is 374 g/mol. The Morgan fingerprint density at radius 2 is 2.21 bits per heavy atom. The lowest BCUT2D eigenvalue weighted by Crippen LogP contribution is -2.35. The zero-order chi connectivity index (χ0) is 13.7. The first-order chi connectivity index (χ1) is 9.19. The van der Waals surface area contributed by atoms with E-state index >= 15 is 0 Å². The molecule has 1 aromatic rings. The van der Waals surface area contributed by atoms with E-state index in [0.29, 0.717) is 18.9 Å². The van der Waals surface area contributed by atoms with Crippen LogP contribution in [-0.4, -0.2) is 30.6 Å². The fourth-order valence-corrected chi connectivity index (χ4v) is 2.70. The first-order valence-corrected chi connectivity index (χ1v) is 7.79. The van der Waals surface area contributed by atoms with Gasteiger partial charge in [-0.3, -0.25) is 4.79 Å². The number of hydrogen-bond donors (Lipinski definition) is 0. The van der Waals surface area contributed by atoms with Gasteiger partial charge in [0.1, 0.15) is 5.82 Å². The van der Waals surface area contributed by atoms with Crippen molar-refractivity contribution in [2.75, 3.05) is 24.6 Å². The number of ether oxygens (including phenoxy) is 1. The molecule has 0 amide bonds. The Morgan fingerprint density at radius 1 is 1.47 bits per heavy atom. The highest BCUT2D eigenvalue weighted by molar-refractivity contribution is 14.1. The molecular formula is C14H19IN2O2. The van der Waals surface area contributed by atoms with Gasteiger partial charge < -0.3 is 9.64 Å². The van der Waals surface area contributed by atoms with Crippen molar-refractivity contribution in [1.29, 1.82) is 0 Å². The van der Waals surface area contributed by atoms with Crippen LogP contribution in [0.1, 0.15) is 26.2 Å². The Balaban J connectivity index is 1.82. The van der Waals surface area contributed by atoms with Crippen LogP contribution in [0.4, 0.5) is 5.82 Å². The van der Waals surface area contributed by atoms with Gasteiger partial charge in [-0.05, 0) is 60.4 Å². The Hall–Kier alpha value is -0.850. The predicted molar refractivity (Wildman–Crippen MR) is 83.1 cm³/mol. The highest BCUT2D eigenvalue weighted by Crippen LogP contribution is 2.24. The van der Waals surface area contributed by atoms with E-state index in [1.807, 2.05) is 13.1 Å². The van der Waals surface area contributed by atoms with Crippen molar-refractivity contribution in [2.45, 2.75) is 26.2 Å². The molecule has 0 aromatic carbocycles. The maximum Gasteiger partial charge on any atom is 0.306 e. The average molecular weight is 374 g/mol. The van der Waals surface area contributed by atoms with Crippen LogP contribution in [-0.2, 0) is 9.53 Å². The first-order valence-electron chi connectivity index (χ1n) is 6.71. The van der Waals surface area contributed by atoms with E-state index in [0.717, 1.165) is 35.3 Å². The molecule has 1 saturated heterocycles. The molecule has 0 radical (unpaired) electrons. The number of esters is 1. The highest BCUT2D eigenvalue weighted by atomic mass is 127. The third-order valence-electron chi connectivity index (χ3n) is 3.41. The van der Waals surface area contributed by atoms with Crippen molar-refractivity contribution in [3.63, 3.8) is 0 Å². The second-order valence-corrected chi connectivity index (χ2v) is 6.02. The van der Waals surface area contributed by atoms with Gasteiger partial charge in [0.2, 0.25) is 0 Å². The molecule has 1 fully saturated rings. The Morgan fingerprint density at radius 3 is 2.79 bits per heavy atom. The van der Waals surface area contributed by atoms with Crippen LogP contribution in [0.3, 0.4) is 0 Å². The molecule has 0 N–H and O–H groups in total. The summed E-state index contributed by atoms with van der Waals surface area (Å²) in [5, 5.41) is 0. The van der Waals surface area contributed by atoms with E-state index < -0.39 is 0 Å². The summed E-state index contributed by atoms with van der Waals surface area (Å²) >= 11 is 2.26. The lowest BCUT2D eigenvalue weighted by Gasteiger charge is -2.32. The van der Waals surface area contributed by atoms with Crippen LogP contribution in [0.25, 0.3) is 0 Å². The van der Waals surface area contributed by atoms with Crippen molar-refractivity contribution >= 4 is 34.4 Å². The van der Waals surface area contributed by atoms with E-state index in [4.69, 9.17) is 4.74 Å². The SMILES string of the molecule is CCOC(=O)CC1CCN(c2ccc(I)cn2)CC1. The lowest BCUT2D eigenvalue weighted by atomic mass is 9.93. The van der Waals surface area contributed by atoms with Crippen molar-refractivity contribution in [3.8, 4) is 0 Å². The topological polar surface area (TPSA) is 42.4 Å². The molecule has 0 bridgehead atoms. The number of carbonyl (C=O) groups excluding carboxylic acids is 1. The van der Waals surface area contributed by atoms with Crippen LogP contribution >= 0.6 is 22.6 Å². The van der Waals surface area contributed by atoms with Crippen LogP contribution in [0.5, 0.6) is 0 Å². The van der Waals surface area contributed by atoms with Gasteiger partial charge in [-0.15, -0.1) is 0 Å². The zero-order valence-electron chi connectivity index (χ0n) is 11.1. The fourth-order valence-electron chi connectivity index (χ4n) is 2.38. The van der Waals surface area contributed by atoms with Crippen molar-refractivity contribution in [3.05, 3.63) is 21.9 Å². The molecule has 2 heterocycles. The minimum atomic E-state index is -0.0617. The summed E-state index contributed by atoms with van der Waals surface area (Å²) in [4.78, 5) is 18.2. The zero-order valence-corrected chi connectivity index (χ0v) is 13.3. The molecule has 19 heavy (non-hydrogen) atoms. The number of pyridine rings is 1. The number of hydrogen-bond acceptors (Lipinski definition) is 4. The maximum atomic E-state index is 11.5. The number of nitrogens with zero attached hydrogens (tertiary/aromatic N) is 2. The van der Waals surface area contributed by atoms with Crippen LogP contribution in [0, 0.1) is 9.49 Å². The van der Waals surface area contributed by atoms with Crippen LogP contribution in [0.15, 0.2) is 18.3 Å². The van der Waals surface area contributed by atoms with Gasteiger partial charge in [0.15, 0.2) is 0 Å². The molecule has 0 unspecified atom stereocenters. The molecule has 4 nitrogen and oxygen atoms in total. The van der Waals surface area contributed by atoms with E-state index in [1.54, 1.807) is 0 Å². The average Bonchev–Trinajstić information content (AvgIpc) is 2.41. The quantitative estimate of drug-likeness (QED) is 0.601. The summed E-state index contributed by atoms with van der Waals surface area (Å²) < 4.78 is 6.15. The maximum absolute atomic E-state index is 11.5. The molecule has 1 aromatic heterocycles. The second kappa shape index (κ2) is 7.07. The summed E-state index contributed by atoms with van der Waals surface area (Å²) in [5.41, 5.74) is 0. The second-order valence-electron chi connectivity index (χ2n) is 4.77. The Labute approximate surface area is 127 Å². The third-order valence-corrected chi connectivity index (χ3v) is 4.05. The van der Waals surface area contributed by atoms with Crippen molar-refractivity contribution < 1.29 is 9.53 Å². The highest BCUT2D eigenvalue weighted by Gasteiger charge is 2.22. The summed E-state index contributed by atoms with van der Waals surface area (Å²) in [7, 11) is 0. The lowest BCUT2D eigenvalue weighted by molar-refractivity contribution is -0.144. The summed E-state index contributed by atoms with van der Waals surface area (Å²) in [6, 6.07) is 4.14. The summed E-state index contributed by atoms with van der Waals surface area (Å²) in [6.45, 7) is 4.27. The van der Waals surface area contributed by atoms with Crippen molar-refractivity contribution in [2.24, 2.45) is 5.92 Å². The molecule has 5 heteroatoms. The molecule has 1 aliphatic heterocycles. The van der Waals surface area contributed by atoms with E-state index in [9.17, 15) is 4.79 Å². The number of aromatic nitrogens is 1. The predicted octanol–water partition coefficient (Wildman–Crippen LogP) is 2.86. The molecule has 1 aliphatic rings. The molecular weight excluding hydrogens is 355 g/mol. The number of piperidine rings is 1. The normalized spacial score (nSPS) is 16.4.